The topological polar surface area (TPSA) is 170 Å². The van der Waals surface area contributed by atoms with Crippen molar-refractivity contribution < 1.29 is 34.6 Å². The van der Waals surface area contributed by atoms with E-state index in [4.69, 9.17) is 10.2 Å². The van der Waals surface area contributed by atoms with E-state index < -0.39 is 48.0 Å². The predicted octanol–water partition coefficient (Wildman–Crippen LogP) is 1.22. The number of rotatable bonds is 10. The van der Waals surface area contributed by atoms with Gasteiger partial charge in [0, 0.05) is 18.7 Å². The largest absolute Gasteiger partial charge is 0.481 e. The van der Waals surface area contributed by atoms with Crippen LogP contribution in [-0.2, 0) is 9.59 Å². The fraction of sp³-hybridized carbons (Fsp3) is 0.471. The number of carboxylic acid groups (broad SMARTS) is 2. The van der Waals surface area contributed by atoms with Crippen LogP contribution >= 0.6 is 0 Å². The van der Waals surface area contributed by atoms with Crippen molar-refractivity contribution in [2.24, 2.45) is 5.92 Å². The summed E-state index contributed by atoms with van der Waals surface area (Å²) in [7, 11) is 0. The van der Waals surface area contributed by atoms with Crippen molar-refractivity contribution in [1.82, 2.24) is 10.2 Å². The van der Waals surface area contributed by atoms with Crippen LogP contribution in [0.5, 0.6) is 0 Å². The smallest absolute Gasteiger partial charge is 0.334 e. The molecule has 11 nitrogen and oxygen atoms in total. The zero-order valence-corrected chi connectivity index (χ0v) is 15.4. The van der Waals surface area contributed by atoms with Crippen LogP contribution in [0.4, 0.5) is 10.5 Å². The number of hydrogen-bond acceptors (Lipinski definition) is 6. The van der Waals surface area contributed by atoms with Crippen LogP contribution in [0.2, 0.25) is 0 Å². The van der Waals surface area contributed by atoms with Gasteiger partial charge in [0.25, 0.3) is 5.69 Å². The molecule has 0 aromatic heterocycles. The average Bonchev–Trinajstić information content (AvgIpc) is 2.59. The van der Waals surface area contributed by atoms with E-state index >= 15 is 0 Å². The highest BCUT2D eigenvalue weighted by Crippen LogP contribution is 2.22. The Morgan fingerprint density at radius 2 is 1.86 bits per heavy atom. The second kappa shape index (κ2) is 10.2. The molecule has 28 heavy (non-hydrogen) atoms. The summed E-state index contributed by atoms with van der Waals surface area (Å²) < 4.78 is 0. The Hall–Kier alpha value is -3.21. The molecule has 2 atom stereocenters. The summed E-state index contributed by atoms with van der Waals surface area (Å²) in [6.07, 6.45) is -2.34. The Morgan fingerprint density at radius 3 is 2.36 bits per heavy atom. The van der Waals surface area contributed by atoms with Crippen molar-refractivity contribution in [2.75, 3.05) is 13.1 Å². The molecule has 0 heterocycles. The molecule has 0 aliphatic carbocycles. The molecule has 1 rings (SSSR count). The van der Waals surface area contributed by atoms with Crippen molar-refractivity contribution >= 4 is 23.7 Å². The van der Waals surface area contributed by atoms with Crippen LogP contribution in [0.25, 0.3) is 0 Å². The first-order valence-electron chi connectivity index (χ1n) is 8.43. The molecule has 0 saturated carbocycles. The number of hydrogen-bond donors (Lipinski definition) is 4. The molecule has 11 heteroatoms. The summed E-state index contributed by atoms with van der Waals surface area (Å²) >= 11 is 0. The van der Waals surface area contributed by atoms with Crippen LogP contribution in [0, 0.1) is 16.0 Å². The van der Waals surface area contributed by atoms with E-state index in [1.165, 1.54) is 18.2 Å². The molecule has 0 aliphatic heterocycles. The number of carbonyl (C=O) groups excluding carboxylic acids is 1. The molecule has 1 aromatic carbocycles. The minimum absolute atomic E-state index is 0.0533. The van der Waals surface area contributed by atoms with Gasteiger partial charge in [0.15, 0.2) is 6.10 Å². The Labute approximate surface area is 160 Å². The molecule has 0 saturated heterocycles. The SMILES string of the molecule is CC(C)CN(CC(O)C(=O)O)C(=O)NC(CC(=O)O)c1cccc([N+](=O)[O-])c1. The molecule has 2 amide bonds. The van der Waals surface area contributed by atoms with Gasteiger partial charge >= 0.3 is 18.0 Å². The zero-order valence-electron chi connectivity index (χ0n) is 15.4. The van der Waals surface area contributed by atoms with Crippen LogP contribution in [-0.4, -0.2) is 62.3 Å². The minimum atomic E-state index is -1.81. The number of nitro benzene ring substituents is 1. The number of benzene rings is 1. The van der Waals surface area contributed by atoms with Gasteiger partial charge in [0.1, 0.15) is 0 Å². The van der Waals surface area contributed by atoms with Crippen molar-refractivity contribution in [3.63, 3.8) is 0 Å². The van der Waals surface area contributed by atoms with Gasteiger partial charge in [-0.05, 0) is 11.5 Å². The van der Waals surface area contributed by atoms with Crippen LogP contribution in [0.1, 0.15) is 31.9 Å². The number of carbonyl (C=O) groups is 3. The van der Waals surface area contributed by atoms with Gasteiger partial charge in [-0.3, -0.25) is 14.9 Å². The fourth-order valence-electron chi connectivity index (χ4n) is 2.49. The van der Waals surface area contributed by atoms with E-state index in [0.29, 0.717) is 0 Å². The quantitative estimate of drug-likeness (QED) is 0.337. The van der Waals surface area contributed by atoms with Crippen molar-refractivity contribution in [3.05, 3.63) is 39.9 Å². The van der Waals surface area contributed by atoms with Gasteiger partial charge in [-0.15, -0.1) is 0 Å². The average molecular weight is 397 g/mol. The number of aliphatic hydroxyl groups is 1. The lowest BCUT2D eigenvalue weighted by Crippen LogP contribution is -2.48. The Balaban J connectivity index is 3.09. The van der Waals surface area contributed by atoms with Crippen molar-refractivity contribution in [3.8, 4) is 0 Å². The highest BCUT2D eigenvalue weighted by molar-refractivity contribution is 5.78. The van der Waals surface area contributed by atoms with Crippen LogP contribution in [0.15, 0.2) is 24.3 Å². The van der Waals surface area contributed by atoms with E-state index in [1.54, 1.807) is 13.8 Å². The Bertz CT molecular complexity index is 737. The number of nitrogens with zero attached hydrogens (tertiary/aromatic N) is 2. The molecule has 4 N–H and O–H groups in total. The lowest BCUT2D eigenvalue weighted by molar-refractivity contribution is -0.384. The van der Waals surface area contributed by atoms with Gasteiger partial charge in [-0.1, -0.05) is 26.0 Å². The van der Waals surface area contributed by atoms with Crippen molar-refractivity contribution in [2.45, 2.75) is 32.4 Å². The molecule has 0 bridgehead atoms. The minimum Gasteiger partial charge on any atom is -0.481 e. The third-order valence-corrected chi connectivity index (χ3v) is 3.71. The number of carboxylic acids is 2. The van der Waals surface area contributed by atoms with Crippen LogP contribution < -0.4 is 5.32 Å². The fourth-order valence-corrected chi connectivity index (χ4v) is 2.49. The molecular weight excluding hydrogens is 374 g/mol. The standard InChI is InChI=1S/C17H23N3O8/c1-10(2)8-19(9-14(21)16(24)25)17(26)18-13(7-15(22)23)11-4-3-5-12(6-11)20(27)28/h3-6,10,13-14,21H,7-9H2,1-2H3,(H,18,26)(H,22,23)(H,24,25). The third-order valence-electron chi connectivity index (χ3n) is 3.71. The molecule has 0 aliphatic rings. The highest BCUT2D eigenvalue weighted by Gasteiger charge is 2.26. The second-order valence-corrected chi connectivity index (χ2v) is 6.60. The molecule has 0 fully saturated rings. The summed E-state index contributed by atoms with van der Waals surface area (Å²) in [6, 6.07) is 3.34. The lowest BCUT2D eigenvalue weighted by atomic mass is 10.0. The normalized spacial score (nSPS) is 12.9. The van der Waals surface area contributed by atoms with E-state index in [1.807, 2.05) is 0 Å². The molecule has 0 radical (unpaired) electrons. The van der Waals surface area contributed by atoms with Gasteiger partial charge in [0.2, 0.25) is 0 Å². The van der Waals surface area contributed by atoms with Gasteiger partial charge in [-0.2, -0.15) is 0 Å². The molecule has 1 aromatic rings. The van der Waals surface area contributed by atoms with Gasteiger partial charge in [0.05, 0.1) is 23.9 Å². The molecule has 2 unspecified atom stereocenters. The monoisotopic (exact) mass is 397 g/mol. The first kappa shape index (κ1) is 22.8. The molecule has 0 spiro atoms. The van der Waals surface area contributed by atoms with Gasteiger partial charge < -0.3 is 25.5 Å². The molecule has 154 valence electrons. The molecular formula is C17H23N3O8. The maximum absolute atomic E-state index is 12.6. The van der Waals surface area contributed by atoms with E-state index in [0.717, 1.165) is 11.0 Å². The summed E-state index contributed by atoms with van der Waals surface area (Å²) in [4.78, 5) is 46.0. The van der Waals surface area contributed by atoms with Gasteiger partial charge in [-0.25, -0.2) is 9.59 Å². The summed E-state index contributed by atoms with van der Waals surface area (Å²) in [6.45, 7) is 3.18. The maximum Gasteiger partial charge on any atom is 0.334 e. The van der Waals surface area contributed by atoms with E-state index in [-0.39, 0.29) is 23.7 Å². The van der Waals surface area contributed by atoms with E-state index in [9.17, 15) is 29.6 Å². The highest BCUT2D eigenvalue weighted by atomic mass is 16.6. The number of aliphatic hydroxyl groups excluding tert-OH is 1. The number of nitrogens with one attached hydrogen (secondary N) is 1. The number of urea groups is 1. The summed E-state index contributed by atoms with van der Waals surface area (Å²) in [5.74, 6) is -2.79. The third kappa shape index (κ3) is 7.19. The first-order chi connectivity index (χ1) is 13.0. The van der Waals surface area contributed by atoms with Crippen LogP contribution in [0.3, 0.4) is 0 Å². The number of nitro groups is 1. The Morgan fingerprint density at radius 1 is 1.21 bits per heavy atom. The first-order valence-corrected chi connectivity index (χ1v) is 8.43. The van der Waals surface area contributed by atoms with E-state index in [2.05, 4.69) is 5.32 Å². The zero-order chi connectivity index (χ0) is 21.4. The summed E-state index contributed by atoms with van der Waals surface area (Å²) in [5, 5.41) is 40.9. The van der Waals surface area contributed by atoms with Crippen molar-refractivity contribution in [1.29, 1.82) is 0 Å². The second-order valence-electron chi connectivity index (χ2n) is 6.60. The number of aliphatic carboxylic acids is 2. The maximum atomic E-state index is 12.6. The number of non-ortho nitro benzene ring substituents is 1. The predicted molar refractivity (Wildman–Crippen MR) is 96.7 cm³/mol. The lowest BCUT2D eigenvalue weighted by Gasteiger charge is -2.28. The number of amides is 2. The summed E-state index contributed by atoms with van der Waals surface area (Å²) in [5.41, 5.74) is -0.0456. The Kier molecular flexibility index (Phi) is 8.32.